The van der Waals surface area contributed by atoms with Gasteiger partial charge in [0.25, 0.3) is 0 Å². The fraction of sp³-hybridized carbons (Fsp3) is 0.938. The first kappa shape index (κ1) is 13.4. The molecule has 0 aromatic rings. The zero-order valence-electron chi connectivity index (χ0n) is 12.1. The maximum Gasteiger partial charge on any atom is 0.320 e. The van der Waals surface area contributed by atoms with E-state index in [1.54, 1.807) is 0 Å². The third-order valence-corrected chi connectivity index (χ3v) is 6.04. The van der Waals surface area contributed by atoms with Crippen molar-refractivity contribution in [2.24, 2.45) is 23.7 Å². The Bertz CT molecular complexity index is 344. The molecule has 0 aromatic carbocycles. The van der Waals surface area contributed by atoms with Crippen LogP contribution in [0.25, 0.3) is 0 Å². The van der Waals surface area contributed by atoms with E-state index < -0.39 is 5.97 Å². The summed E-state index contributed by atoms with van der Waals surface area (Å²) in [6.07, 6.45) is 8.82. The highest BCUT2D eigenvalue weighted by molar-refractivity contribution is 5.73. The summed E-state index contributed by atoms with van der Waals surface area (Å²) in [5, 5.41) is 9.49. The van der Waals surface area contributed by atoms with Crippen molar-refractivity contribution >= 4 is 5.97 Å². The van der Waals surface area contributed by atoms with Crippen molar-refractivity contribution in [3.05, 3.63) is 0 Å². The van der Waals surface area contributed by atoms with Crippen molar-refractivity contribution in [1.29, 1.82) is 0 Å². The number of carbonyl (C=O) groups is 1. The van der Waals surface area contributed by atoms with Crippen molar-refractivity contribution in [3.63, 3.8) is 0 Å². The molecule has 3 aliphatic rings. The molecule has 0 aromatic heterocycles. The van der Waals surface area contributed by atoms with Gasteiger partial charge in [0.15, 0.2) is 0 Å². The van der Waals surface area contributed by atoms with Gasteiger partial charge in [0.05, 0.1) is 0 Å². The van der Waals surface area contributed by atoms with Gasteiger partial charge in [0.2, 0.25) is 0 Å². The molecular weight excluding hydrogens is 238 g/mol. The van der Waals surface area contributed by atoms with E-state index in [0.717, 1.165) is 43.7 Å². The van der Waals surface area contributed by atoms with Crippen LogP contribution in [0.1, 0.15) is 51.9 Å². The van der Waals surface area contributed by atoms with Crippen LogP contribution in [0.4, 0.5) is 0 Å². The molecule has 3 heteroatoms. The molecule has 108 valence electrons. The number of rotatable bonds is 4. The smallest absolute Gasteiger partial charge is 0.320 e. The molecule has 2 saturated carbocycles. The summed E-state index contributed by atoms with van der Waals surface area (Å²) in [5.41, 5.74) is 0. The molecule has 3 nitrogen and oxygen atoms in total. The average molecular weight is 265 g/mol. The fourth-order valence-corrected chi connectivity index (χ4v) is 4.83. The molecule has 0 spiro atoms. The van der Waals surface area contributed by atoms with Crippen LogP contribution in [0.5, 0.6) is 0 Å². The van der Waals surface area contributed by atoms with Crippen LogP contribution in [0.15, 0.2) is 0 Å². The van der Waals surface area contributed by atoms with E-state index in [2.05, 4.69) is 11.8 Å². The molecule has 5 unspecified atom stereocenters. The third kappa shape index (κ3) is 2.67. The summed E-state index contributed by atoms with van der Waals surface area (Å²) in [7, 11) is 0. The Labute approximate surface area is 116 Å². The number of likely N-dealkylation sites (tertiary alicyclic amines) is 1. The number of fused-ring (bicyclic) bond motifs is 2. The fourth-order valence-electron chi connectivity index (χ4n) is 4.83. The Balaban J connectivity index is 1.61. The van der Waals surface area contributed by atoms with Gasteiger partial charge in [0.1, 0.15) is 6.04 Å². The molecule has 2 aliphatic carbocycles. The first-order valence-corrected chi connectivity index (χ1v) is 8.14. The Morgan fingerprint density at radius 3 is 2.63 bits per heavy atom. The van der Waals surface area contributed by atoms with Crippen molar-refractivity contribution in [1.82, 2.24) is 4.90 Å². The molecule has 2 bridgehead atoms. The lowest BCUT2D eigenvalue weighted by atomic mass is 9.85. The summed E-state index contributed by atoms with van der Waals surface area (Å²) in [5.74, 6) is 2.69. The van der Waals surface area contributed by atoms with Crippen LogP contribution < -0.4 is 0 Å². The Morgan fingerprint density at radius 2 is 2.05 bits per heavy atom. The van der Waals surface area contributed by atoms with Crippen LogP contribution in [-0.2, 0) is 4.79 Å². The van der Waals surface area contributed by atoms with E-state index in [0.29, 0.717) is 5.92 Å². The summed E-state index contributed by atoms with van der Waals surface area (Å²) < 4.78 is 0. The SMILES string of the molecule is CCC1CCN(CC2CC3CCC2C3)C(C(=O)O)C1. The lowest BCUT2D eigenvalue weighted by Gasteiger charge is -2.39. The predicted molar refractivity (Wildman–Crippen MR) is 74.9 cm³/mol. The Morgan fingerprint density at radius 1 is 1.21 bits per heavy atom. The standard InChI is InChI=1S/C16H27NO2/c1-2-11-5-6-17(15(9-11)16(18)19)10-14-8-12-3-4-13(14)7-12/h11-15H,2-10H2,1H3,(H,18,19). The number of piperidine rings is 1. The molecule has 5 atom stereocenters. The number of hydrogen-bond donors (Lipinski definition) is 1. The number of nitrogens with zero attached hydrogens (tertiary/aromatic N) is 1. The monoisotopic (exact) mass is 265 g/mol. The number of aliphatic carboxylic acids is 1. The van der Waals surface area contributed by atoms with E-state index in [-0.39, 0.29) is 6.04 Å². The van der Waals surface area contributed by atoms with Crippen LogP contribution >= 0.6 is 0 Å². The van der Waals surface area contributed by atoms with Gasteiger partial charge < -0.3 is 5.11 Å². The molecular formula is C16H27NO2. The molecule has 1 N–H and O–H groups in total. The number of carboxylic acid groups (broad SMARTS) is 1. The first-order valence-electron chi connectivity index (χ1n) is 8.14. The minimum Gasteiger partial charge on any atom is -0.480 e. The second-order valence-corrected chi connectivity index (χ2v) is 7.08. The topological polar surface area (TPSA) is 40.5 Å². The molecule has 1 heterocycles. The minimum atomic E-state index is -0.596. The van der Waals surface area contributed by atoms with Crippen molar-refractivity contribution < 1.29 is 9.90 Å². The van der Waals surface area contributed by atoms with E-state index in [4.69, 9.17) is 0 Å². The minimum absolute atomic E-state index is 0.210. The molecule has 3 rings (SSSR count). The van der Waals surface area contributed by atoms with Gasteiger partial charge in [-0.15, -0.1) is 0 Å². The van der Waals surface area contributed by atoms with Crippen LogP contribution in [0, 0.1) is 23.7 Å². The molecule has 1 saturated heterocycles. The quantitative estimate of drug-likeness (QED) is 0.849. The van der Waals surface area contributed by atoms with Crippen molar-refractivity contribution in [3.8, 4) is 0 Å². The second kappa shape index (κ2) is 5.43. The van der Waals surface area contributed by atoms with Crippen LogP contribution in [0.2, 0.25) is 0 Å². The highest BCUT2D eigenvalue weighted by Crippen LogP contribution is 2.48. The van der Waals surface area contributed by atoms with E-state index in [9.17, 15) is 9.90 Å². The predicted octanol–water partition coefficient (Wildman–Crippen LogP) is 3.00. The normalized spacial score (nSPS) is 42.7. The molecule has 0 amide bonds. The van der Waals surface area contributed by atoms with Gasteiger partial charge in [-0.2, -0.15) is 0 Å². The molecule has 0 radical (unpaired) electrons. The van der Waals surface area contributed by atoms with Gasteiger partial charge in [-0.05, 0) is 62.3 Å². The highest BCUT2D eigenvalue weighted by atomic mass is 16.4. The zero-order valence-corrected chi connectivity index (χ0v) is 12.1. The van der Waals surface area contributed by atoms with Crippen molar-refractivity contribution in [2.45, 2.75) is 57.9 Å². The number of hydrogen-bond acceptors (Lipinski definition) is 2. The molecule has 1 aliphatic heterocycles. The zero-order chi connectivity index (χ0) is 13.4. The van der Waals surface area contributed by atoms with E-state index >= 15 is 0 Å². The summed E-state index contributed by atoms with van der Waals surface area (Å²) in [6.45, 7) is 4.24. The Kier molecular flexibility index (Phi) is 3.84. The van der Waals surface area contributed by atoms with Gasteiger partial charge in [0, 0.05) is 6.54 Å². The van der Waals surface area contributed by atoms with Crippen LogP contribution in [-0.4, -0.2) is 35.1 Å². The summed E-state index contributed by atoms with van der Waals surface area (Å²) in [6, 6.07) is -0.210. The number of carboxylic acids is 1. The second-order valence-electron chi connectivity index (χ2n) is 7.08. The molecule has 3 fully saturated rings. The van der Waals surface area contributed by atoms with Gasteiger partial charge >= 0.3 is 5.97 Å². The van der Waals surface area contributed by atoms with Gasteiger partial charge in [-0.25, -0.2) is 0 Å². The highest BCUT2D eigenvalue weighted by Gasteiger charge is 2.42. The van der Waals surface area contributed by atoms with Gasteiger partial charge in [-0.3, -0.25) is 9.69 Å². The first-order chi connectivity index (χ1) is 9.17. The lowest BCUT2D eigenvalue weighted by Crippen LogP contribution is -2.49. The maximum atomic E-state index is 11.5. The molecule has 19 heavy (non-hydrogen) atoms. The van der Waals surface area contributed by atoms with Crippen molar-refractivity contribution in [2.75, 3.05) is 13.1 Å². The Hall–Kier alpha value is -0.570. The van der Waals surface area contributed by atoms with Gasteiger partial charge in [-0.1, -0.05) is 19.8 Å². The average Bonchev–Trinajstić information content (AvgIpc) is 3.01. The third-order valence-electron chi connectivity index (χ3n) is 6.04. The van der Waals surface area contributed by atoms with E-state index in [1.165, 1.54) is 32.1 Å². The maximum absolute atomic E-state index is 11.5. The lowest BCUT2D eigenvalue weighted by molar-refractivity contribution is -0.146. The summed E-state index contributed by atoms with van der Waals surface area (Å²) in [4.78, 5) is 13.8. The van der Waals surface area contributed by atoms with E-state index in [1.807, 2.05) is 0 Å². The largest absolute Gasteiger partial charge is 0.480 e. The summed E-state index contributed by atoms with van der Waals surface area (Å²) >= 11 is 0. The van der Waals surface area contributed by atoms with Crippen LogP contribution in [0.3, 0.4) is 0 Å².